The second-order valence-electron chi connectivity index (χ2n) is 4.67. The van der Waals surface area contributed by atoms with Gasteiger partial charge in [-0.3, -0.25) is 9.79 Å². The molecule has 6 atom stereocenters. The molecular weight excluding hydrogens is 254 g/mol. The summed E-state index contributed by atoms with van der Waals surface area (Å²) in [5, 5.41) is 28.7. The molecule has 3 aliphatic rings. The van der Waals surface area contributed by atoms with E-state index < -0.39 is 48.9 Å². The van der Waals surface area contributed by atoms with Crippen molar-refractivity contribution < 1.29 is 24.9 Å². The molecular formula is C11H13N3O5. The van der Waals surface area contributed by atoms with Crippen molar-refractivity contribution in [1.82, 2.24) is 0 Å². The molecule has 0 spiro atoms. The van der Waals surface area contributed by atoms with Gasteiger partial charge in [-0.1, -0.05) is 0 Å². The molecule has 0 radical (unpaired) electrons. The average Bonchev–Trinajstić information content (AvgIpc) is 2.94. The van der Waals surface area contributed by atoms with Crippen molar-refractivity contribution in [3.05, 3.63) is 0 Å². The number of ether oxygens (including phenoxy) is 1. The normalized spacial score (nSPS) is 44.6. The standard InChI is InChI=1S/C11H13N3O5/c15-2-5-8(16)9(17)10(19-5)4-1-12-7-6(4)13-3-14-11(7)18/h1,3-5,7-10,15-17H,2H2/t4?,5-,7?,8-,9-,10+/m1/s1. The number of hydrogen-bond donors (Lipinski definition) is 3. The molecule has 3 aliphatic heterocycles. The third-order valence-corrected chi connectivity index (χ3v) is 3.58. The fourth-order valence-electron chi connectivity index (χ4n) is 2.56. The maximum Gasteiger partial charge on any atom is 0.277 e. The number of aliphatic hydroxyl groups excluding tert-OH is 3. The third-order valence-electron chi connectivity index (χ3n) is 3.58. The lowest BCUT2D eigenvalue weighted by Gasteiger charge is -2.22. The lowest BCUT2D eigenvalue weighted by atomic mass is 9.91. The van der Waals surface area contributed by atoms with Crippen LogP contribution in [0, 0.1) is 5.92 Å². The maximum absolute atomic E-state index is 11.5. The lowest BCUT2D eigenvalue weighted by Crippen LogP contribution is -2.42. The Kier molecular flexibility index (Phi) is 3.02. The zero-order valence-corrected chi connectivity index (χ0v) is 9.83. The molecule has 0 aromatic rings. The number of carbonyl (C=O) groups excluding carboxylic acids is 1. The summed E-state index contributed by atoms with van der Waals surface area (Å²) in [6, 6.07) is -0.754. The average molecular weight is 267 g/mol. The highest BCUT2D eigenvalue weighted by Gasteiger charge is 2.50. The smallest absolute Gasteiger partial charge is 0.277 e. The van der Waals surface area contributed by atoms with Gasteiger partial charge in [0.1, 0.15) is 24.7 Å². The van der Waals surface area contributed by atoms with Crippen molar-refractivity contribution in [3.63, 3.8) is 0 Å². The summed E-state index contributed by atoms with van der Waals surface area (Å²) in [6.07, 6.45) is -1.33. The van der Waals surface area contributed by atoms with Gasteiger partial charge in [0.2, 0.25) is 0 Å². The van der Waals surface area contributed by atoms with Crippen LogP contribution >= 0.6 is 0 Å². The third kappa shape index (κ3) is 1.84. The Morgan fingerprint density at radius 3 is 2.79 bits per heavy atom. The van der Waals surface area contributed by atoms with E-state index in [0.717, 1.165) is 6.34 Å². The molecule has 0 aromatic carbocycles. The molecule has 1 saturated heterocycles. The predicted octanol–water partition coefficient (Wildman–Crippen LogP) is -2.45. The van der Waals surface area contributed by atoms with Gasteiger partial charge in [0.15, 0.2) is 6.04 Å². The van der Waals surface area contributed by atoms with Gasteiger partial charge >= 0.3 is 0 Å². The zero-order chi connectivity index (χ0) is 13.6. The summed E-state index contributed by atoms with van der Waals surface area (Å²) in [6.45, 7) is -0.394. The van der Waals surface area contributed by atoms with Crippen molar-refractivity contribution in [2.75, 3.05) is 6.61 Å². The van der Waals surface area contributed by atoms with Crippen molar-refractivity contribution in [2.45, 2.75) is 30.5 Å². The largest absolute Gasteiger partial charge is 0.394 e. The van der Waals surface area contributed by atoms with Gasteiger partial charge in [0.05, 0.1) is 24.3 Å². The first-order valence-electron chi connectivity index (χ1n) is 5.93. The van der Waals surface area contributed by atoms with E-state index >= 15 is 0 Å². The summed E-state index contributed by atoms with van der Waals surface area (Å²) in [5.41, 5.74) is 0.454. The van der Waals surface area contributed by atoms with Crippen LogP contribution in [0.3, 0.4) is 0 Å². The summed E-state index contributed by atoms with van der Waals surface area (Å²) < 4.78 is 5.43. The fourth-order valence-corrected chi connectivity index (χ4v) is 2.56. The number of carbonyl (C=O) groups is 1. The van der Waals surface area contributed by atoms with E-state index in [9.17, 15) is 15.0 Å². The Balaban J connectivity index is 1.85. The van der Waals surface area contributed by atoms with Crippen LogP contribution in [-0.4, -0.2) is 76.6 Å². The minimum atomic E-state index is -1.17. The quantitative estimate of drug-likeness (QED) is 0.512. The van der Waals surface area contributed by atoms with Crippen molar-refractivity contribution in [1.29, 1.82) is 0 Å². The molecule has 0 aromatic heterocycles. The highest BCUT2D eigenvalue weighted by atomic mass is 16.6. The number of nitrogens with zero attached hydrogens (tertiary/aromatic N) is 3. The van der Waals surface area contributed by atoms with E-state index in [1.807, 2.05) is 0 Å². The minimum absolute atomic E-state index is 0.394. The number of aliphatic hydroxyl groups is 3. The van der Waals surface area contributed by atoms with E-state index in [2.05, 4.69) is 15.0 Å². The summed E-state index contributed by atoms with van der Waals surface area (Å²) >= 11 is 0. The van der Waals surface area contributed by atoms with Crippen LogP contribution in [0.2, 0.25) is 0 Å². The SMILES string of the molecule is O=C1N=CN=C2C1N=CC2[C@@H]1O[C@H](CO)[C@@H](O)[C@H]1O. The van der Waals surface area contributed by atoms with Gasteiger partial charge in [-0.2, -0.15) is 4.99 Å². The molecule has 0 aliphatic carbocycles. The van der Waals surface area contributed by atoms with Crippen LogP contribution in [0.1, 0.15) is 0 Å². The van der Waals surface area contributed by atoms with Crippen LogP contribution < -0.4 is 0 Å². The van der Waals surface area contributed by atoms with Crippen molar-refractivity contribution in [2.24, 2.45) is 20.9 Å². The number of fused-ring (bicyclic) bond motifs is 1. The molecule has 3 rings (SSSR count). The Bertz CT molecular complexity index is 489. The van der Waals surface area contributed by atoms with Gasteiger partial charge in [-0.25, -0.2) is 4.99 Å². The fraction of sp³-hybridized carbons (Fsp3) is 0.636. The topological polar surface area (TPSA) is 124 Å². The van der Waals surface area contributed by atoms with Gasteiger partial charge in [-0.05, 0) is 0 Å². The van der Waals surface area contributed by atoms with Crippen molar-refractivity contribution >= 4 is 24.2 Å². The first-order chi connectivity index (χ1) is 9.13. The zero-order valence-electron chi connectivity index (χ0n) is 9.83. The van der Waals surface area contributed by atoms with E-state index in [1.165, 1.54) is 6.21 Å². The summed E-state index contributed by atoms with van der Waals surface area (Å²) in [7, 11) is 0. The minimum Gasteiger partial charge on any atom is -0.394 e. The Morgan fingerprint density at radius 1 is 1.32 bits per heavy atom. The van der Waals surface area contributed by atoms with E-state index in [1.54, 1.807) is 0 Å². The first kappa shape index (κ1) is 12.5. The highest BCUT2D eigenvalue weighted by molar-refractivity contribution is 6.22. The molecule has 0 bridgehead atoms. The number of aliphatic imine (C=N–C) groups is 3. The molecule has 102 valence electrons. The number of amides is 1. The molecule has 19 heavy (non-hydrogen) atoms. The van der Waals surface area contributed by atoms with E-state index in [4.69, 9.17) is 9.84 Å². The first-order valence-corrected chi connectivity index (χ1v) is 5.93. The molecule has 3 N–H and O–H groups in total. The molecule has 8 nitrogen and oxygen atoms in total. The molecule has 1 amide bonds. The van der Waals surface area contributed by atoms with Crippen LogP contribution in [0.5, 0.6) is 0 Å². The predicted molar refractivity (Wildman–Crippen MR) is 64.5 cm³/mol. The van der Waals surface area contributed by atoms with Gasteiger partial charge in [0.25, 0.3) is 5.91 Å². The van der Waals surface area contributed by atoms with Crippen LogP contribution in [0.4, 0.5) is 0 Å². The summed E-state index contributed by atoms with van der Waals surface area (Å²) in [4.78, 5) is 23.1. The Hall–Kier alpha value is -1.48. The second-order valence-corrected chi connectivity index (χ2v) is 4.67. The van der Waals surface area contributed by atoms with Gasteiger partial charge in [0, 0.05) is 6.21 Å². The Morgan fingerprint density at radius 2 is 2.11 bits per heavy atom. The highest BCUT2D eigenvalue weighted by Crippen LogP contribution is 2.30. The maximum atomic E-state index is 11.5. The van der Waals surface area contributed by atoms with Gasteiger partial charge in [-0.15, -0.1) is 0 Å². The molecule has 2 unspecified atom stereocenters. The lowest BCUT2D eigenvalue weighted by molar-refractivity contribution is -0.117. The van der Waals surface area contributed by atoms with Crippen molar-refractivity contribution in [3.8, 4) is 0 Å². The van der Waals surface area contributed by atoms with E-state index in [0.29, 0.717) is 5.71 Å². The van der Waals surface area contributed by atoms with Crippen LogP contribution in [-0.2, 0) is 9.53 Å². The monoisotopic (exact) mass is 267 g/mol. The van der Waals surface area contributed by atoms with Crippen LogP contribution in [0.15, 0.2) is 15.0 Å². The van der Waals surface area contributed by atoms with Crippen LogP contribution in [0.25, 0.3) is 0 Å². The molecule has 3 heterocycles. The molecule has 1 fully saturated rings. The summed E-state index contributed by atoms with van der Waals surface area (Å²) in [5.74, 6) is -0.905. The molecule has 8 heteroatoms. The Labute approximate surface area is 108 Å². The van der Waals surface area contributed by atoms with E-state index in [-0.39, 0.29) is 0 Å². The van der Waals surface area contributed by atoms with Gasteiger partial charge < -0.3 is 20.1 Å². The number of hydrogen-bond acceptors (Lipinski definition) is 7. The molecule has 0 saturated carbocycles. The second kappa shape index (κ2) is 4.57. The number of rotatable bonds is 2.